The molecular weight excluding hydrogens is 379 g/mol. The smallest absolute Gasteiger partial charge is 0.535 e. The van der Waals surface area contributed by atoms with Gasteiger partial charge in [0, 0.05) is 18.4 Å². The van der Waals surface area contributed by atoms with Crippen LogP contribution in [0.3, 0.4) is 0 Å². The van der Waals surface area contributed by atoms with Crippen LogP contribution in [0.4, 0.5) is 0 Å². The Hall–Kier alpha value is -3.06. The third kappa shape index (κ3) is 5.71. The molecule has 1 aromatic carbocycles. The average Bonchev–Trinajstić information content (AvgIpc) is 2.65. The number of para-hydroxylation sites is 1. The molecule has 9 nitrogen and oxygen atoms in total. The number of benzene rings is 1. The van der Waals surface area contributed by atoms with Gasteiger partial charge in [0.05, 0.1) is 17.4 Å². The summed E-state index contributed by atoms with van der Waals surface area (Å²) >= 11 is 0. The molecule has 0 aliphatic carbocycles. The van der Waals surface area contributed by atoms with Gasteiger partial charge in [-0.25, -0.2) is 0 Å². The summed E-state index contributed by atoms with van der Waals surface area (Å²) in [5.74, 6) is -3.81. The highest BCUT2D eigenvalue weighted by Crippen LogP contribution is 2.35. The highest BCUT2D eigenvalue weighted by Gasteiger charge is 2.47. The molecule has 0 saturated heterocycles. The summed E-state index contributed by atoms with van der Waals surface area (Å²) in [7, 11) is -1.51. The summed E-state index contributed by atoms with van der Waals surface area (Å²) in [5.41, 5.74) is -0.346. The first kappa shape index (κ1) is 22.2. The monoisotopic (exact) mass is 402 g/mol. The van der Waals surface area contributed by atoms with Crippen molar-refractivity contribution < 1.29 is 33.5 Å². The minimum atomic E-state index is -1.51. The van der Waals surface area contributed by atoms with Crippen molar-refractivity contribution in [2.24, 2.45) is 5.41 Å². The van der Waals surface area contributed by atoms with Crippen LogP contribution in [0, 0.1) is 16.7 Å². The number of carbonyl (C=O) groups excluding carboxylic acids is 3. The van der Waals surface area contributed by atoms with Crippen LogP contribution < -0.4 is 9.97 Å². The number of carbonyl (C=O) groups is 3. The first-order valence-corrected chi connectivity index (χ1v) is 9.09. The summed E-state index contributed by atoms with van der Waals surface area (Å²) in [6, 6.07) is 8.39. The second-order valence-corrected chi connectivity index (χ2v) is 7.54. The molecule has 2 rings (SSSR count). The lowest BCUT2D eigenvalue weighted by atomic mass is 9.66. The molecule has 0 bridgehead atoms. The van der Waals surface area contributed by atoms with Crippen LogP contribution in [0.5, 0.6) is 5.75 Å². The number of nitriles is 1. The number of hydrogen-bond acceptors (Lipinski definition) is 8. The van der Waals surface area contributed by atoms with Gasteiger partial charge in [-0.3, -0.25) is 14.4 Å². The van der Waals surface area contributed by atoms with E-state index in [9.17, 15) is 19.4 Å². The lowest BCUT2D eigenvalue weighted by Gasteiger charge is -2.33. The van der Waals surface area contributed by atoms with Crippen molar-refractivity contribution in [1.82, 2.24) is 5.32 Å². The van der Waals surface area contributed by atoms with E-state index in [0.29, 0.717) is 5.56 Å². The van der Waals surface area contributed by atoms with E-state index < -0.39 is 49.0 Å². The van der Waals surface area contributed by atoms with Gasteiger partial charge in [0.1, 0.15) is 11.7 Å². The van der Waals surface area contributed by atoms with E-state index in [1.165, 1.54) is 0 Å². The van der Waals surface area contributed by atoms with Crippen molar-refractivity contribution in [3.05, 3.63) is 29.8 Å². The van der Waals surface area contributed by atoms with Crippen molar-refractivity contribution in [2.75, 3.05) is 6.79 Å². The van der Waals surface area contributed by atoms with Gasteiger partial charge < -0.3 is 24.5 Å². The van der Waals surface area contributed by atoms with Gasteiger partial charge in [-0.2, -0.15) is 5.26 Å². The summed E-state index contributed by atoms with van der Waals surface area (Å²) in [5, 5.41) is 21.5. The van der Waals surface area contributed by atoms with Crippen LogP contribution in [0.1, 0.15) is 45.1 Å². The van der Waals surface area contributed by atoms with Crippen LogP contribution >= 0.6 is 0 Å². The topological polar surface area (TPSA) is 135 Å². The maximum Gasteiger partial charge on any atom is 0.547 e. The molecule has 154 valence electrons. The zero-order valence-corrected chi connectivity index (χ0v) is 16.5. The zero-order chi connectivity index (χ0) is 21.6. The predicted molar refractivity (Wildman–Crippen MR) is 101 cm³/mol. The van der Waals surface area contributed by atoms with E-state index in [1.807, 2.05) is 6.07 Å². The highest BCUT2D eigenvalue weighted by molar-refractivity contribution is 6.47. The minimum Gasteiger partial charge on any atom is -0.535 e. The molecule has 1 aliphatic rings. The van der Waals surface area contributed by atoms with Gasteiger partial charge >= 0.3 is 19.1 Å². The van der Waals surface area contributed by atoms with Crippen LogP contribution in [0.25, 0.3) is 0 Å². The molecule has 1 unspecified atom stereocenters. The fraction of sp³-hybridized carbons (Fsp3) is 0.474. The molecule has 2 N–H and O–H groups in total. The van der Waals surface area contributed by atoms with E-state index in [2.05, 4.69) is 5.32 Å². The van der Waals surface area contributed by atoms with E-state index in [-0.39, 0.29) is 18.6 Å². The predicted octanol–water partition coefficient (Wildman–Crippen LogP) is 1.06. The molecule has 1 aliphatic heterocycles. The Morgan fingerprint density at radius 2 is 1.97 bits per heavy atom. The SMILES string of the molecule is CC(C)(C)C(=O)OCOC(=O)C1c2ccccc2OB(O)[C@H]1NC(=O)CCC#N. The number of ether oxygens (including phenoxy) is 2. The van der Waals surface area contributed by atoms with E-state index in [4.69, 9.17) is 19.4 Å². The first-order valence-electron chi connectivity index (χ1n) is 9.09. The number of amides is 1. The number of hydrogen-bond donors (Lipinski definition) is 2. The Kier molecular flexibility index (Phi) is 7.23. The van der Waals surface area contributed by atoms with Crippen LogP contribution in [-0.2, 0) is 23.9 Å². The van der Waals surface area contributed by atoms with Crippen molar-refractivity contribution in [2.45, 2.75) is 45.5 Å². The number of esters is 2. The Morgan fingerprint density at radius 3 is 2.62 bits per heavy atom. The van der Waals surface area contributed by atoms with E-state index >= 15 is 0 Å². The zero-order valence-electron chi connectivity index (χ0n) is 16.5. The number of fused-ring (bicyclic) bond motifs is 1. The van der Waals surface area contributed by atoms with Gasteiger partial charge in [-0.1, -0.05) is 18.2 Å². The van der Waals surface area contributed by atoms with Gasteiger partial charge in [0.25, 0.3) is 0 Å². The third-order valence-electron chi connectivity index (χ3n) is 4.22. The molecule has 29 heavy (non-hydrogen) atoms. The maximum absolute atomic E-state index is 12.8. The normalized spacial score (nSPS) is 18.0. The number of nitrogens with one attached hydrogen (secondary N) is 1. The van der Waals surface area contributed by atoms with Crippen LogP contribution in [0.15, 0.2) is 24.3 Å². The molecule has 1 amide bonds. The lowest BCUT2D eigenvalue weighted by molar-refractivity contribution is -0.174. The number of rotatable bonds is 6. The van der Waals surface area contributed by atoms with Gasteiger partial charge in [-0.15, -0.1) is 0 Å². The van der Waals surface area contributed by atoms with Crippen molar-refractivity contribution >= 4 is 25.0 Å². The molecule has 2 atom stereocenters. The fourth-order valence-corrected chi connectivity index (χ4v) is 2.71. The molecule has 0 spiro atoms. The first-order chi connectivity index (χ1) is 13.6. The Morgan fingerprint density at radius 1 is 1.28 bits per heavy atom. The lowest BCUT2D eigenvalue weighted by Crippen LogP contribution is -2.57. The molecule has 0 radical (unpaired) electrons. The molecule has 0 fully saturated rings. The molecule has 1 heterocycles. The summed E-state index contributed by atoms with van der Waals surface area (Å²) < 4.78 is 15.4. The van der Waals surface area contributed by atoms with Gasteiger partial charge in [0.2, 0.25) is 12.7 Å². The largest absolute Gasteiger partial charge is 0.547 e. The number of nitrogens with zero attached hydrogens (tertiary/aromatic N) is 1. The van der Waals surface area contributed by atoms with Crippen LogP contribution in [0.2, 0.25) is 0 Å². The molecule has 0 aromatic heterocycles. The molecule has 0 saturated carbocycles. The standard InChI is InChI=1S/C19H23BN2O7/c1-19(2,3)18(25)28-11-27-17(24)15-12-7-4-5-8-13(12)29-20(26)16(15)22-14(23)9-6-10-21/h4-5,7-8,15-16,26H,6,9,11H2,1-3H3,(H,22,23)/t15?,16-/m0/s1. The van der Waals surface area contributed by atoms with Crippen LogP contribution in [-0.4, -0.2) is 42.7 Å². The summed E-state index contributed by atoms with van der Waals surface area (Å²) in [6.45, 7) is 4.39. The van der Waals surface area contributed by atoms with Crippen molar-refractivity contribution in [1.29, 1.82) is 5.26 Å². The summed E-state index contributed by atoms with van der Waals surface area (Å²) in [4.78, 5) is 36.6. The third-order valence-corrected chi connectivity index (χ3v) is 4.22. The second-order valence-electron chi connectivity index (χ2n) is 7.54. The maximum atomic E-state index is 12.8. The minimum absolute atomic E-state index is 0.00996. The Bertz CT molecular complexity index is 816. The molecule has 1 aromatic rings. The average molecular weight is 402 g/mol. The van der Waals surface area contributed by atoms with E-state index in [0.717, 1.165) is 0 Å². The Labute approximate surface area is 169 Å². The summed E-state index contributed by atoms with van der Waals surface area (Å²) in [6.07, 6.45) is -0.101. The quantitative estimate of drug-likeness (QED) is 0.410. The Balaban J connectivity index is 2.17. The second kappa shape index (κ2) is 9.43. The van der Waals surface area contributed by atoms with Gasteiger partial charge in [-0.05, 0) is 26.8 Å². The molecular formula is C19H23BN2O7. The van der Waals surface area contributed by atoms with Crippen molar-refractivity contribution in [3.8, 4) is 11.8 Å². The molecule has 10 heteroatoms. The van der Waals surface area contributed by atoms with E-state index in [1.54, 1.807) is 45.0 Å². The highest BCUT2D eigenvalue weighted by atomic mass is 16.7. The van der Waals surface area contributed by atoms with Crippen molar-refractivity contribution in [3.63, 3.8) is 0 Å². The fourth-order valence-electron chi connectivity index (χ4n) is 2.71. The van der Waals surface area contributed by atoms with Gasteiger partial charge in [0.15, 0.2) is 0 Å².